The van der Waals surface area contributed by atoms with Gasteiger partial charge < -0.3 is 15.0 Å². The molecule has 0 amide bonds. The van der Waals surface area contributed by atoms with Gasteiger partial charge in [0.1, 0.15) is 0 Å². The lowest BCUT2D eigenvalue weighted by molar-refractivity contribution is 0.199. The lowest BCUT2D eigenvalue weighted by Gasteiger charge is -2.24. The van der Waals surface area contributed by atoms with E-state index in [1.807, 2.05) is 11.3 Å². The molecule has 0 saturated heterocycles. The van der Waals surface area contributed by atoms with Gasteiger partial charge >= 0.3 is 0 Å². The van der Waals surface area contributed by atoms with Crippen LogP contribution in [0.15, 0.2) is 0 Å². The lowest BCUT2D eigenvalue weighted by atomic mass is 10.2. The minimum Gasteiger partial charge on any atom is -0.383 e. The van der Waals surface area contributed by atoms with Crippen LogP contribution in [-0.4, -0.2) is 37.8 Å². The number of anilines is 1. The molecular weight excluding hydrogens is 270 g/mol. The topological polar surface area (TPSA) is 37.4 Å². The first-order chi connectivity index (χ1) is 9.67. The Morgan fingerprint density at radius 2 is 2.20 bits per heavy atom. The van der Waals surface area contributed by atoms with E-state index in [1.165, 1.54) is 28.5 Å². The Kier molecular flexibility index (Phi) is 5.81. The van der Waals surface area contributed by atoms with Gasteiger partial charge in [-0.15, -0.1) is 11.3 Å². The summed E-state index contributed by atoms with van der Waals surface area (Å²) in [6, 6.07) is 0.507. The largest absolute Gasteiger partial charge is 0.383 e. The molecule has 0 aromatic carbocycles. The summed E-state index contributed by atoms with van der Waals surface area (Å²) in [5.41, 5.74) is 1.34. The van der Waals surface area contributed by atoms with Gasteiger partial charge in [0.25, 0.3) is 0 Å². The van der Waals surface area contributed by atoms with E-state index in [9.17, 15) is 0 Å². The molecule has 114 valence electrons. The summed E-state index contributed by atoms with van der Waals surface area (Å²) in [5, 5.41) is 4.64. The number of hydrogen-bond acceptors (Lipinski definition) is 5. The zero-order valence-electron chi connectivity index (χ0n) is 13.1. The average Bonchev–Trinajstić information content (AvgIpc) is 3.18. The number of methoxy groups -OCH3 is 1. The van der Waals surface area contributed by atoms with Crippen LogP contribution >= 0.6 is 11.3 Å². The van der Waals surface area contributed by atoms with E-state index in [4.69, 9.17) is 9.72 Å². The summed E-state index contributed by atoms with van der Waals surface area (Å²) in [5.74, 6) is 0.713. The van der Waals surface area contributed by atoms with E-state index in [-0.39, 0.29) is 0 Å². The second-order valence-electron chi connectivity index (χ2n) is 5.63. The molecule has 1 fully saturated rings. The molecule has 0 radical (unpaired) electrons. The highest BCUT2D eigenvalue weighted by atomic mass is 32.1. The Morgan fingerprint density at radius 1 is 1.45 bits per heavy atom. The maximum atomic E-state index is 5.08. The maximum Gasteiger partial charge on any atom is 0.186 e. The van der Waals surface area contributed by atoms with Gasteiger partial charge in [0.2, 0.25) is 0 Å². The molecule has 1 N–H and O–H groups in total. The highest BCUT2D eigenvalue weighted by molar-refractivity contribution is 7.15. The van der Waals surface area contributed by atoms with E-state index in [0.29, 0.717) is 12.0 Å². The van der Waals surface area contributed by atoms with E-state index in [2.05, 4.69) is 31.0 Å². The zero-order chi connectivity index (χ0) is 14.5. The molecule has 1 aromatic rings. The fourth-order valence-corrected chi connectivity index (χ4v) is 3.69. The van der Waals surface area contributed by atoms with Gasteiger partial charge in [-0.25, -0.2) is 4.98 Å². The molecule has 1 aliphatic rings. The van der Waals surface area contributed by atoms with E-state index >= 15 is 0 Å². The molecule has 0 spiro atoms. The van der Waals surface area contributed by atoms with Crippen molar-refractivity contribution in [1.29, 1.82) is 0 Å². The molecule has 1 aromatic heterocycles. The summed E-state index contributed by atoms with van der Waals surface area (Å²) in [6.07, 6.45) is 2.62. The van der Waals surface area contributed by atoms with Gasteiger partial charge in [0, 0.05) is 43.6 Å². The van der Waals surface area contributed by atoms with Crippen LogP contribution in [0.4, 0.5) is 5.13 Å². The third-order valence-corrected chi connectivity index (χ3v) is 4.77. The smallest absolute Gasteiger partial charge is 0.186 e. The third-order valence-electron chi connectivity index (χ3n) is 3.66. The highest BCUT2D eigenvalue weighted by Crippen LogP contribution is 2.44. The number of rotatable bonds is 9. The Hall–Kier alpha value is -0.650. The van der Waals surface area contributed by atoms with Crippen molar-refractivity contribution in [3.8, 4) is 0 Å². The van der Waals surface area contributed by atoms with Crippen molar-refractivity contribution in [2.24, 2.45) is 0 Å². The Morgan fingerprint density at radius 3 is 2.75 bits per heavy atom. The summed E-state index contributed by atoms with van der Waals surface area (Å²) in [7, 11) is 1.74. The molecule has 0 bridgehead atoms. The minimum atomic E-state index is 0.507. The van der Waals surface area contributed by atoms with E-state index in [1.54, 1.807) is 7.11 Å². The predicted octanol–water partition coefficient (Wildman–Crippen LogP) is 2.99. The fraction of sp³-hybridized carbons (Fsp3) is 0.800. The van der Waals surface area contributed by atoms with Gasteiger partial charge in [-0.05, 0) is 33.6 Å². The van der Waals surface area contributed by atoms with Crippen molar-refractivity contribution < 1.29 is 4.74 Å². The van der Waals surface area contributed by atoms with Crippen LogP contribution in [0.3, 0.4) is 0 Å². The molecular formula is C15H27N3OS. The first-order valence-electron chi connectivity index (χ1n) is 7.63. The molecule has 1 heterocycles. The van der Waals surface area contributed by atoms with Crippen molar-refractivity contribution in [1.82, 2.24) is 10.3 Å². The second kappa shape index (κ2) is 7.38. The monoisotopic (exact) mass is 297 g/mol. The zero-order valence-corrected chi connectivity index (χ0v) is 13.9. The molecule has 20 heavy (non-hydrogen) atoms. The first-order valence-corrected chi connectivity index (χ1v) is 8.44. The number of ether oxygens (including phenoxy) is 1. The van der Waals surface area contributed by atoms with Crippen LogP contribution in [0.25, 0.3) is 0 Å². The SMILES string of the molecule is CCN(c1nc(C2CC2)c(CNCCOC)s1)C(C)C. The van der Waals surface area contributed by atoms with Crippen molar-refractivity contribution in [3.05, 3.63) is 10.6 Å². The van der Waals surface area contributed by atoms with Gasteiger partial charge in [-0.2, -0.15) is 0 Å². The molecule has 0 unspecified atom stereocenters. The molecule has 1 aliphatic carbocycles. The van der Waals surface area contributed by atoms with Crippen LogP contribution < -0.4 is 10.2 Å². The third kappa shape index (κ3) is 3.93. The molecule has 0 atom stereocenters. The standard InChI is InChI=1S/C15H27N3OS/c1-5-18(11(2)3)15-17-14(12-6-7-12)13(20-15)10-16-8-9-19-4/h11-12,16H,5-10H2,1-4H3. The number of nitrogens with one attached hydrogen (secondary N) is 1. The lowest BCUT2D eigenvalue weighted by Crippen LogP contribution is -2.30. The van der Waals surface area contributed by atoms with Crippen molar-refractivity contribution in [2.45, 2.75) is 52.1 Å². The van der Waals surface area contributed by atoms with Crippen molar-refractivity contribution in [2.75, 3.05) is 31.7 Å². The number of hydrogen-bond donors (Lipinski definition) is 1. The van der Waals surface area contributed by atoms with Crippen LogP contribution in [0.2, 0.25) is 0 Å². The summed E-state index contributed by atoms with van der Waals surface area (Å²) >= 11 is 1.86. The number of aromatic nitrogens is 1. The van der Waals surface area contributed by atoms with Gasteiger partial charge in [-0.1, -0.05) is 0 Å². The van der Waals surface area contributed by atoms with Crippen LogP contribution in [0.1, 0.15) is 50.1 Å². The van der Waals surface area contributed by atoms with Gasteiger partial charge in [0.05, 0.1) is 12.3 Å². The van der Waals surface area contributed by atoms with Gasteiger partial charge in [0.15, 0.2) is 5.13 Å². The maximum absolute atomic E-state index is 5.08. The molecule has 0 aliphatic heterocycles. The minimum absolute atomic E-state index is 0.507. The summed E-state index contributed by atoms with van der Waals surface area (Å²) < 4.78 is 5.08. The van der Waals surface area contributed by atoms with Crippen LogP contribution in [0.5, 0.6) is 0 Å². The van der Waals surface area contributed by atoms with Crippen LogP contribution in [0, 0.1) is 0 Å². The average molecular weight is 297 g/mol. The predicted molar refractivity (Wildman–Crippen MR) is 85.8 cm³/mol. The number of thiazole rings is 1. The first kappa shape index (κ1) is 15.7. The quantitative estimate of drug-likeness (QED) is 0.711. The molecule has 5 heteroatoms. The summed E-state index contributed by atoms with van der Waals surface area (Å²) in [6.45, 7) is 10.3. The molecule has 4 nitrogen and oxygen atoms in total. The molecule has 2 rings (SSSR count). The normalized spacial score (nSPS) is 15.1. The highest BCUT2D eigenvalue weighted by Gasteiger charge is 2.30. The Bertz CT molecular complexity index is 415. The van der Waals surface area contributed by atoms with Gasteiger partial charge in [-0.3, -0.25) is 0 Å². The van der Waals surface area contributed by atoms with E-state index < -0.39 is 0 Å². The Balaban J connectivity index is 2.07. The molecule has 1 saturated carbocycles. The second-order valence-corrected chi connectivity index (χ2v) is 6.69. The van der Waals surface area contributed by atoms with Crippen LogP contribution in [-0.2, 0) is 11.3 Å². The van der Waals surface area contributed by atoms with Crippen molar-refractivity contribution >= 4 is 16.5 Å². The fourth-order valence-electron chi connectivity index (χ4n) is 2.37. The van der Waals surface area contributed by atoms with Crippen molar-refractivity contribution in [3.63, 3.8) is 0 Å². The Labute approximate surface area is 126 Å². The van der Waals surface area contributed by atoms with E-state index in [0.717, 1.165) is 26.2 Å². The number of nitrogens with zero attached hydrogens (tertiary/aromatic N) is 2. The summed E-state index contributed by atoms with van der Waals surface area (Å²) in [4.78, 5) is 8.74.